The van der Waals surface area contributed by atoms with Gasteiger partial charge in [0.2, 0.25) is 5.91 Å². The van der Waals surface area contributed by atoms with Gasteiger partial charge in [-0.05, 0) is 26.0 Å². The van der Waals surface area contributed by atoms with E-state index in [4.69, 9.17) is 9.15 Å². The number of amides is 1. The van der Waals surface area contributed by atoms with Gasteiger partial charge in [0.25, 0.3) is 5.69 Å². The Morgan fingerprint density at radius 3 is 2.93 bits per heavy atom. The molecule has 4 rings (SSSR count). The average molecular weight is 427 g/mol. The third kappa shape index (κ3) is 3.39. The van der Waals surface area contributed by atoms with E-state index in [-0.39, 0.29) is 29.5 Å². The number of ether oxygens (including phenoxy) is 1. The molecule has 0 bridgehead atoms. The molecule has 0 N–H and O–H groups in total. The molecular weight excluding hydrogens is 410 g/mol. The van der Waals surface area contributed by atoms with Crippen LogP contribution in [0.5, 0.6) is 0 Å². The first kappa shape index (κ1) is 19.9. The number of hydrogen-bond donors (Lipinski definition) is 0. The van der Waals surface area contributed by atoms with E-state index in [2.05, 4.69) is 4.99 Å². The van der Waals surface area contributed by atoms with E-state index in [1.807, 2.05) is 0 Å². The van der Waals surface area contributed by atoms with Crippen LogP contribution in [0.3, 0.4) is 0 Å². The van der Waals surface area contributed by atoms with Crippen LogP contribution >= 0.6 is 11.8 Å². The van der Waals surface area contributed by atoms with Crippen LogP contribution in [0, 0.1) is 10.1 Å². The fourth-order valence-electron chi connectivity index (χ4n) is 3.41. The summed E-state index contributed by atoms with van der Waals surface area (Å²) >= 11 is 1.30. The van der Waals surface area contributed by atoms with Gasteiger partial charge in [-0.15, -0.1) is 0 Å². The zero-order valence-electron chi connectivity index (χ0n) is 16.2. The van der Waals surface area contributed by atoms with Crippen LogP contribution in [0.15, 0.2) is 57.1 Å². The smallest absolute Gasteiger partial charge is 0.338 e. The molecule has 2 aliphatic heterocycles. The number of hydrogen-bond acceptors (Lipinski definition) is 8. The van der Waals surface area contributed by atoms with Crippen molar-refractivity contribution in [1.29, 1.82) is 0 Å². The third-order valence-electron chi connectivity index (χ3n) is 4.72. The number of fused-ring (bicyclic) bond motifs is 1. The molecule has 3 heterocycles. The maximum Gasteiger partial charge on any atom is 0.338 e. The number of benzene rings is 1. The SMILES string of the molecule is CCOC(=O)C1=C(C)N=C2SCC(=O)N2[C@H]1c1ccc(-c2cccc([N+](=O)[O-])c2)o1. The minimum atomic E-state index is -0.813. The molecule has 0 aliphatic carbocycles. The zero-order chi connectivity index (χ0) is 21.4. The van der Waals surface area contributed by atoms with Crippen molar-refractivity contribution in [2.75, 3.05) is 12.4 Å². The van der Waals surface area contributed by atoms with Gasteiger partial charge in [0.1, 0.15) is 17.6 Å². The highest BCUT2D eigenvalue weighted by Crippen LogP contribution is 2.42. The maximum absolute atomic E-state index is 12.7. The number of esters is 1. The van der Waals surface area contributed by atoms with Crippen LogP contribution < -0.4 is 0 Å². The Hall–Kier alpha value is -3.40. The number of nitro benzene ring substituents is 1. The van der Waals surface area contributed by atoms with Gasteiger partial charge < -0.3 is 9.15 Å². The largest absolute Gasteiger partial charge is 0.463 e. The molecule has 1 amide bonds. The normalized spacial score (nSPS) is 18.3. The predicted octanol–water partition coefficient (Wildman–Crippen LogP) is 3.68. The van der Waals surface area contributed by atoms with E-state index in [1.54, 1.807) is 38.1 Å². The number of nitrogens with zero attached hydrogens (tertiary/aromatic N) is 3. The quantitative estimate of drug-likeness (QED) is 0.406. The van der Waals surface area contributed by atoms with Crippen molar-refractivity contribution in [2.24, 2.45) is 4.99 Å². The second-order valence-electron chi connectivity index (χ2n) is 6.58. The second kappa shape index (κ2) is 7.79. The third-order valence-corrected chi connectivity index (χ3v) is 5.65. The highest BCUT2D eigenvalue weighted by molar-refractivity contribution is 8.15. The van der Waals surface area contributed by atoms with Crippen LogP contribution in [0.4, 0.5) is 5.69 Å². The summed E-state index contributed by atoms with van der Waals surface area (Å²) in [6.07, 6.45) is 0. The minimum Gasteiger partial charge on any atom is -0.463 e. The minimum absolute atomic E-state index is 0.0633. The summed E-state index contributed by atoms with van der Waals surface area (Å²) in [5.41, 5.74) is 1.14. The van der Waals surface area contributed by atoms with Crippen molar-refractivity contribution < 1.29 is 23.7 Å². The predicted molar refractivity (Wildman–Crippen MR) is 110 cm³/mol. The summed E-state index contributed by atoms with van der Waals surface area (Å²) in [5, 5.41) is 11.6. The van der Waals surface area contributed by atoms with E-state index >= 15 is 0 Å². The van der Waals surface area contributed by atoms with E-state index in [9.17, 15) is 19.7 Å². The number of carbonyl (C=O) groups excluding carboxylic acids is 2. The van der Waals surface area contributed by atoms with Crippen LogP contribution in [0.25, 0.3) is 11.3 Å². The van der Waals surface area contributed by atoms with Gasteiger partial charge in [-0.1, -0.05) is 23.9 Å². The van der Waals surface area contributed by atoms with Crippen LogP contribution in [0.1, 0.15) is 25.6 Å². The van der Waals surface area contributed by atoms with Gasteiger partial charge in [0, 0.05) is 17.7 Å². The molecule has 0 saturated carbocycles. The average Bonchev–Trinajstić information content (AvgIpc) is 3.34. The summed E-state index contributed by atoms with van der Waals surface area (Å²) < 4.78 is 11.2. The molecule has 1 fully saturated rings. The van der Waals surface area contributed by atoms with E-state index in [0.717, 1.165) is 0 Å². The maximum atomic E-state index is 12.7. The molecule has 1 atom stereocenters. The lowest BCUT2D eigenvalue weighted by molar-refractivity contribution is -0.384. The lowest BCUT2D eigenvalue weighted by Crippen LogP contribution is -2.39. The Balaban J connectivity index is 1.78. The van der Waals surface area contributed by atoms with Crippen molar-refractivity contribution >= 4 is 34.5 Å². The second-order valence-corrected chi connectivity index (χ2v) is 7.52. The fraction of sp³-hybridized carbons (Fsp3) is 0.250. The number of allylic oxidation sites excluding steroid dienone is 1. The van der Waals surface area contributed by atoms with E-state index < -0.39 is 16.9 Å². The van der Waals surface area contributed by atoms with Crippen molar-refractivity contribution in [2.45, 2.75) is 19.9 Å². The number of furan rings is 1. The van der Waals surface area contributed by atoms with E-state index in [1.165, 1.54) is 28.8 Å². The van der Waals surface area contributed by atoms with Gasteiger partial charge in [0.15, 0.2) is 5.17 Å². The molecule has 0 spiro atoms. The summed E-state index contributed by atoms with van der Waals surface area (Å²) in [6.45, 7) is 3.57. The van der Waals surface area contributed by atoms with Crippen LogP contribution in [0.2, 0.25) is 0 Å². The molecule has 2 aromatic rings. The van der Waals surface area contributed by atoms with Gasteiger partial charge in [0.05, 0.1) is 28.6 Å². The molecule has 1 saturated heterocycles. The molecule has 0 radical (unpaired) electrons. The molecule has 0 unspecified atom stereocenters. The summed E-state index contributed by atoms with van der Waals surface area (Å²) in [4.78, 5) is 41.7. The first-order valence-electron chi connectivity index (χ1n) is 9.16. The molecular formula is C20H17N3O6S. The van der Waals surface area contributed by atoms with Crippen LogP contribution in [-0.2, 0) is 14.3 Å². The molecule has 1 aromatic carbocycles. The molecule has 9 nitrogen and oxygen atoms in total. The number of aliphatic imine (C=N–C) groups is 1. The van der Waals surface area contributed by atoms with Crippen LogP contribution in [-0.4, -0.2) is 39.2 Å². The Morgan fingerprint density at radius 1 is 1.40 bits per heavy atom. The van der Waals surface area contributed by atoms with Crippen molar-refractivity contribution in [1.82, 2.24) is 4.90 Å². The molecule has 1 aromatic heterocycles. The van der Waals surface area contributed by atoms with Gasteiger partial charge in [-0.2, -0.15) is 0 Å². The number of nitro groups is 1. The first-order chi connectivity index (χ1) is 14.4. The molecule has 10 heteroatoms. The van der Waals surface area contributed by atoms with Gasteiger partial charge >= 0.3 is 5.97 Å². The highest BCUT2D eigenvalue weighted by Gasteiger charge is 2.44. The number of carbonyl (C=O) groups is 2. The summed E-state index contributed by atoms with van der Waals surface area (Å²) in [6, 6.07) is 8.55. The summed E-state index contributed by atoms with van der Waals surface area (Å²) in [7, 11) is 0. The number of amidine groups is 1. The zero-order valence-corrected chi connectivity index (χ0v) is 17.0. The number of rotatable bonds is 5. The fourth-order valence-corrected chi connectivity index (χ4v) is 4.35. The Morgan fingerprint density at radius 2 is 2.20 bits per heavy atom. The Bertz CT molecular complexity index is 1120. The van der Waals surface area contributed by atoms with Crippen molar-refractivity contribution in [3.63, 3.8) is 0 Å². The van der Waals surface area contributed by atoms with Crippen molar-refractivity contribution in [3.05, 3.63) is 63.5 Å². The monoisotopic (exact) mass is 427 g/mol. The lowest BCUT2D eigenvalue weighted by Gasteiger charge is -2.31. The Kier molecular flexibility index (Phi) is 5.17. The molecule has 154 valence electrons. The van der Waals surface area contributed by atoms with Gasteiger partial charge in [-0.3, -0.25) is 19.8 Å². The standard InChI is InChI=1S/C20H17N3O6S/c1-3-28-19(25)17-11(2)21-20-22(16(24)10-30-20)18(17)15-8-7-14(29-15)12-5-4-6-13(9-12)23(26)27/h4-9,18H,3,10H2,1-2H3/t18-/m0/s1. The number of thioether (sulfide) groups is 1. The first-order valence-corrected chi connectivity index (χ1v) is 10.1. The Labute approximate surface area is 175 Å². The molecule has 2 aliphatic rings. The number of non-ortho nitro benzene ring substituents is 1. The highest BCUT2D eigenvalue weighted by atomic mass is 32.2. The van der Waals surface area contributed by atoms with Gasteiger partial charge in [-0.25, -0.2) is 9.79 Å². The summed E-state index contributed by atoms with van der Waals surface area (Å²) in [5.74, 6) is 0.198. The van der Waals surface area contributed by atoms with E-state index in [0.29, 0.717) is 27.9 Å². The van der Waals surface area contributed by atoms with Crippen molar-refractivity contribution in [3.8, 4) is 11.3 Å². The topological polar surface area (TPSA) is 115 Å². The lowest BCUT2D eigenvalue weighted by atomic mass is 10.00. The molecule has 30 heavy (non-hydrogen) atoms.